The molecule has 0 amide bonds. The van der Waals surface area contributed by atoms with E-state index in [0.717, 1.165) is 19.3 Å². The van der Waals surface area contributed by atoms with Gasteiger partial charge in [-0.3, -0.25) is 4.79 Å². The maximum Gasteiger partial charge on any atom is 0.335 e. The van der Waals surface area contributed by atoms with Crippen LogP contribution in [0.1, 0.15) is 39.5 Å². The molecule has 0 aliphatic carbocycles. The van der Waals surface area contributed by atoms with E-state index in [4.69, 9.17) is 9.47 Å². The molecule has 0 fully saturated rings. The number of carbonyl (C=O) groups is 2. The lowest BCUT2D eigenvalue weighted by Crippen LogP contribution is -2.31. The number of unbranched alkanes of at least 4 members (excludes halogenated alkanes) is 2. The summed E-state index contributed by atoms with van der Waals surface area (Å²) < 4.78 is 9.94. The Morgan fingerprint density at radius 3 is 2.47 bits per heavy atom. The highest BCUT2D eigenvalue weighted by atomic mass is 16.6. The standard InChI is InChI=1S/C13H22O4/c1-5-6-7-8-9-12(10(2)14)17-13(15)11(3)16-4/h5,11-12H,1,6-9H2,2-4H3. The predicted octanol–water partition coefficient (Wildman–Crippen LogP) is 2.27. The van der Waals surface area contributed by atoms with Crippen LogP contribution in [0.5, 0.6) is 0 Å². The first kappa shape index (κ1) is 15.8. The van der Waals surface area contributed by atoms with Crippen molar-refractivity contribution in [2.75, 3.05) is 7.11 Å². The van der Waals surface area contributed by atoms with Crippen LogP contribution in [0.2, 0.25) is 0 Å². The number of Topliss-reactive ketones (excluding diaryl/α,β-unsaturated/α-hetero) is 1. The zero-order chi connectivity index (χ0) is 13.3. The van der Waals surface area contributed by atoms with Crippen molar-refractivity contribution in [3.05, 3.63) is 12.7 Å². The number of esters is 1. The minimum Gasteiger partial charge on any atom is -0.452 e. The van der Waals surface area contributed by atoms with Gasteiger partial charge in [0.1, 0.15) is 0 Å². The van der Waals surface area contributed by atoms with Crippen molar-refractivity contribution in [1.29, 1.82) is 0 Å². The minimum absolute atomic E-state index is 0.125. The third-order valence-corrected chi connectivity index (χ3v) is 2.52. The Morgan fingerprint density at radius 1 is 1.35 bits per heavy atom. The number of ether oxygens (including phenoxy) is 2. The summed E-state index contributed by atoms with van der Waals surface area (Å²) >= 11 is 0. The van der Waals surface area contributed by atoms with Crippen LogP contribution in [0.15, 0.2) is 12.7 Å². The Bertz CT molecular complexity index is 260. The van der Waals surface area contributed by atoms with E-state index in [2.05, 4.69) is 6.58 Å². The topological polar surface area (TPSA) is 52.6 Å². The summed E-state index contributed by atoms with van der Waals surface area (Å²) in [7, 11) is 1.43. The van der Waals surface area contributed by atoms with E-state index in [1.807, 2.05) is 6.08 Å². The normalized spacial score (nSPS) is 13.8. The lowest BCUT2D eigenvalue weighted by molar-refractivity contribution is -0.163. The Hall–Kier alpha value is -1.16. The van der Waals surface area contributed by atoms with Gasteiger partial charge in [0.15, 0.2) is 18.0 Å². The third-order valence-electron chi connectivity index (χ3n) is 2.52. The average molecular weight is 242 g/mol. The molecule has 0 N–H and O–H groups in total. The van der Waals surface area contributed by atoms with Crippen molar-refractivity contribution in [2.45, 2.75) is 51.7 Å². The minimum atomic E-state index is -0.648. The first-order valence-electron chi connectivity index (χ1n) is 5.87. The summed E-state index contributed by atoms with van der Waals surface area (Å²) in [4.78, 5) is 22.8. The molecular formula is C13H22O4. The number of hydrogen-bond acceptors (Lipinski definition) is 4. The van der Waals surface area contributed by atoms with E-state index < -0.39 is 18.2 Å². The van der Waals surface area contributed by atoms with Crippen molar-refractivity contribution >= 4 is 11.8 Å². The molecule has 0 radical (unpaired) electrons. The fourth-order valence-electron chi connectivity index (χ4n) is 1.30. The van der Waals surface area contributed by atoms with Crippen LogP contribution in [0, 0.1) is 0 Å². The molecule has 0 aromatic rings. The largest absolute Gasteiger partial charge is 0.452 e. The molecule has 0 heterocycles. The van der Waals surface area contributed by atoms with Crippen LogP contribution in [0.3, 0.4) is 0 Å². The summed E-state index contributed by atoms with van der Waals surface area (Å²) in [6, 6.07) is 0. The second-order valence-corrected chi connectivity index (χ2v) is 3.99. The molecule has 0 aromatic heterocycles. The highest BCUT2D eigenvalue weighted by Crippen LogP contribution is 2.10. The molecule has 17 heavy (non-hydrogen) atoms. The van der Waals surface area contributed by atoms with Gasteiger partial charge in [-0.2, -0.15) is 0 Å². The molecule has 2 unspecified atom stereocenters. The number of carbonyl (C=O) groups excluding carboxylic acids is 2. The molecule has 0 bridgehead atoms. The van der Waals surface area contributed by atoms with Gasteiger partial charge in [0.05, 0.1) is 0 Å². The lowest BCUT2D eigenvalue weighted by Gasteiger charge is -2.17. The zero-order valence-corrected chi connectivity index (χ0v) is 10.9. The second-order valence-electron chi connectivity index (χ2n) is 3.99. The number of hydrogen-bond donors (Lipinski definition) is 0. The van der Waals surface area contributed by atoms with Gasteiger partial charge >= 0.3 is 5.97 Å². The van der Waals surface area contributed by atoms with Gasteiger partial charge in [-0.15, -0.1) is 6.58 Å². The first-order chi connectivity index (χ1) is 8.02. The van der Waals surface area contributed by atoms with Gasteiger partial charge in [-0.05, 0) is 39.5 Å². The molecule has 4 nitrogen and oxygen atoms in total. The van der Waals surface area contributed by atoms with Crippen LogP contribution in [-0.2, 0) is 19.1 Å². The molecular weight excluding hydrogens is 220 g/mol. The van der Waals surface area contributed by atoms with Crippen LogP contribution < -0.4 is 0 Å². The summed E-state index contributed by atoms with van der Waals surface area (Å²) in [5.74, 6) is -0.614. The van der Waals surface area contributed by atoms with Crippen molar-refractivity contribution in [3.63, 3.8) is 0 Å². The van der Waals surface area contributed by atoms with Gasteiger partial charge in [-0.25, -0.2) is 4.79 Å². The van der Waals surface area contributed by atoms with E-state index >= 15 is 0 Å². The van der Waals surface area contributed by atoms with E-state index in [0.29, 0.717) is 6.42 Å². The summed E-state index contributed by atoms with van der Waals surface area (Å²) in [5.41, 5.74) is 0. The van der Waals surface area contributed by atoms with Crippen LogP contribution >= 0.6 is 0 Å². The van der Waals surface area contributed by atoms with Gasteiger partial charge in [-0.1, -0.05) is 6.08 Å². The van der Waals surface area contributed by atoms with E-state index in [1.165, 1.54) is 14.0 Å². The molecule has 0 aliphatic heterocycles. The molecule has 0 saturated carbocycles. The van der Waals surface area contributed by atoms with Crippen LogP contribution in [0.4, 0.5) is 0 Å². The fraction of sp³-hybridized carbons (Fsp3) is 0.692. The lowest BCUT2D eigenvalue weighted by atomic mass is 10.1. The van der Waals surface area contributed by atoms with Crippen molar-refractivity contribution in [1.82, 2.24) is 0 Å². The number of methoxy groups -OCH3 is 1. The van der Waals surface area contributed by atoms with Gasteiger partial charge in [0.2, 0.25) is 0 Å². The summed E-state index contributed by atoms with van der Waals surface area (Å²) in [5, 5.41) is 0. The van der Waals surface area contributed by atoms with E-state index in [-0.39, 0.29) is 5.78 Å². The Balaban J connectivity index is 4.10. The molecule has 0 aromatic carbocycles. The molecule has 0 aliphatic rings. The molecule has 2 atom stereocenters. The van der Waals surface area contributed by atoms with Crippen molar-refractivity contribution in [3.8, 4) is 0 Å². The monoisotopic (exact) mass is 242 g/mol. The number of allylic oxidation sites excluding steroid dienone is 1. The zero-order valence-electron chi connectivity index (χ0n) is 10.9. The molecule has 4 heteroatoms. The maximum atomic E-state index is 11.5. The second kappa shape index (κ2) is 8.93. The van der Waals surface area contributed by atoms with E-state index in [9.17, 15) is 9.59 Å². The maximum absolute atomic E-state index is 11.5. The van der Waals surface area contributed by atoms with Crippen molar-refractivity contribution < 1.29 is 19.1 Å². The van der Waals surface area contributed by atoms with Gasteiger partial charge < -0.3 is 9.47 Å². The van der Waals surface area contributed by atoms with Gasteiger partial charge in [0, 0.05) is 7.11 Å². The van der Waals surface area contributed by atoms with E-state index in [1.54, 1.807) is 6.92 Å². The Morgan fingerprint density at radius 2 is 2.00 bits per heavy atom. The third kappa shape index (κ3) is 6.89. The molecule has 0 spiro atoms. The highest BCUT2D eigenvalue weighted by Gasteiger charge is 2.22. The molecule has 0 rings (SSSR count). The van der Waals surface area contributed by atoms with Gasteiger partial charge in [0.25, 0.3) is 0 Å². The number of rotatable bonds is 9. The van der Waals surface area contributed by atoms with Crippen LogP contribution in [-0.4, -0.2) is 31.1 Å². The average Bonchev–Trinajstić information content (AvgIpc) is 2.31. The smallest absolute Gasteiger partial charge is 0.335 e. The Kier molecular flexibility index (Phi) is 8.32. The summed E-state index contributed by atoms with van der Waals surface area (Å²) in [6.45, 7) is 6.65. The molecule has 0 saturated heterocycles. The quantitative estimate of drug-likeness (QED) is 0.353. The van der Waals surface area contributed by atoms with Crippen LogP contribution in [0.25, 0.3) is 0 Å². The predicted molar refractivity (Wildman–Crippen MR) is 65.7 cm³/mol. The summed E-state index contributed by atoms with van der Waals surface area (Å²) in [6.07, 6.45) is 3.81. The fourth-order valence-corrected chi connectivity index (χ4v) is 1.30. The molecule has 98 valence electrons. The first-order valence-corrected chi connectivity index (χ1v) is 5.87. The Labute approximate surface area is 103 Å². The highest BCUT2D eigenvalue weighted by molar-refractivity contribution is 5.84. The SMILES string of the molecule is C=CCCCCC(OC(=O)C(C)OC)C(C)=O. The number of ketones is 1. The van der Waals surface area contributed by atoms with Crippen molar-refractivity contribution in [2.24, 2.45) is 0 Å².